The summed E-state index contributed by atoms with van der Waals surface area (Å²) in [4.78, 5) is 23.4. The number of phenolic OH excluding ortho intramolecular Hbond substituents is 1. The van der Waals surface area contributed by atoms with E-state index in [0.29, 0.717) is 23.1 Å². The zero-order valence-electron chi connectivity index (χ0n) is 14.3. The SMILES string of the molecule is CC[C@@H](C)[C@@H](NCc1c(O)ccc2c(C)c(C)c(=O)oc12)C(=O)O. The van der Waals surface area contributed by atoms with Crippen LogP contribution in [0.3, 0.4) is 0 Å². The van der Waals surface area contributed by atoms with Crippen LogP contribution in [0.1, 0.15) is 37.0 Å². The fraction of sp³-hybridized carbons (Fsp3) is 0.444. The molecule has 24 heavy (non-hydrogen) atoms. The molecular formula is C18H23NO5. The van der Waals surface area contributed by atoms with Gasteiger partial charge in [0.05, 0.1) is 5.56 Å². The number of benzene rings is 1. The van der Waals surface area contributed by atoms with Crippen LogP contribution in [0.4, 0.5) is 0 Å². The van der Waals surface area contributed by atoms with Gasteiger partial charge in [0.25, 0.3) is 0 Å². The quantitative estimate of drug-likeness (QED) is 0.703. The average Bonchev–Trinajstić information content (AvgIpc) is 2.54. The number of hydrogen-bond acceptors (Lipinski definition) is 5. The minimum absolute atomic E-state index is 0.0327. The molecule has 3 N–H and O–H groups in total. The molecule has 6 nitrogen and oxygen atoms in total. The number of hydrogen-bond donors (Lipinski definition) is 3. The first-order valence-corrected chi connectivity index (χ1v) is 7.98. The van der Waals surface area contributed by atoms with Crippen molar-refractivity contribution >= 4 is 16.9 Å². The molecule has 1 aromatic heterocycles. The second-order valence-corrected chi connectivity index (χ2v) is 6.16. The number of carboxylic acids is 1. The zero-order valence-corrected chi connectivity index (χ0v) is 14.3. The van der Waals surface area contributed by atoms with E-state index in [4.69, 9.17) is 4.42 Å². The Bertz CT molecular complexity index is 824. The second-order valence-electron chi connectivity index (χ2n) is 6.16. The summed E-state index contributed by atoms with van der Waals surface area (Å²) < 4.78 is 5.36. The van der Waals surface area contributed by atoms with Gasteiger partial charge in [-0.25, -0.2) is 4.79 Å². The molecule has 1 aromatic carbocycles. The van der Waals surface area contributed by atoms with Crippen LogP contribution in [0.25, 0.3) is 11.0 Å². The smallest absolute Gasteiger partial charge is 0.339 e. The van der Waals surface area contributed by atoms with Gasteiger partial charge in [0.1, 0.15) is 17.4 Å². The highest BCUT2D eigenvalue weighted by Gasteiger charge is 2.24. The third kappa shape index (κ3) is 3.28. The van der Waals surface area contributed by atoms with Crippen molar-refractivity contribution in [2.45, 2.75) is 46.7 Å². The lowest BCUT2D eigenvalue weighted by Gasteiger charge is -2.21. The Balaban J connectivity index is 2.47. The Hall–Kier alpha value is -2.34. The van der Waals surface area contributed by atoms with Crippen LogP contribution >= 0.6 is 0 Å². The Labute approximate surface area is 140 Å². The first-order chi connectivity index (χ1) is 11.3. The molecule has 2 atom stereocenters. The topological polar surface area (TPSA) is 99.8 Å². The van der Waals surface area contributed by atoms with Crippen molar-refractivity contribution in [2.75, 3.05) is 0 Å². The molecule has 0 amide bonds. The number of aliphatic carboxylic acids is 1. The molecule has 2 rings (SSSR count). The highest BCUT2D eigenvalue weighted by Crippen LogP contribution is 2.29. The fourth-order valence-corrected chi connectivity index (χ4v) is 2.70. The van der Waals surface area contributed by atoms with Crippen LogP contribution in [0.2, 0.25) is 0 Å². The predicted molar refractivity (Wildman–Crippen MR) is 91.3 cm³/mol. The Morgan fingerprint density at radius 1 is 1.29 bits per heavy atom. The van der Waals surface area contributed by atoms with Crippen molar-refractivity contribution in [1.29, 1.82) is 0 Å². The molecule has 0 aliphatic carbocycles. The van der Waals surface area contributed by atoms with E-state index < -0.39 is 17.6 Å². The van der Waals surface area contributed by atoms with E-state index in [1.165, 1.54) is 6.07 Å². The summed E-state index contributed by atoms with van der Waals surface area (Å²) in [5.74, 6) is -1.05. The fourth-order valence-electron chi connectivity index (χ4n) is 2.70. The van der Waals surface area contributed by atoms with Gasteiger partial charge in [0.15, 0.2) is 0 Å². The van der Waals surface area contributed by atoms with Gasteiger partial charge in [0.2, 0.25) is 0 Å². The number of nitrogens with one attached hydrogen (secondary N) is 1. The van der Waals surface area contributed by atoms with E-state index in [-0.39, 0.29) is 18.2 Å². The van der Waals surface area contributed by atoms with Gasteiger partial charge >= 0.3 is 11.6 Å². The third-order valence-electron chi connectivity index (χ3n) is 4.68. The first-order valence-electron chi connectivity index (χ1n) is 7.98. The number of rotatable bonds is 6. The summed E-state index contributed by atoms with van der Waals surface area (Å²) in [6.45, 7) is 7.37. The van der Waals surface area contributed by atoms with Gasteiger partial charge in [-0.3, -0.25) is 10.1 Å². The largest absolute Gasteiger partial charge is 0.507 e. The van der Waals surface area contributed by atoms with Gasteiger partial charge in [-0.1, -0.05) is 20.3 Å². The van der Waals surface area contributed by atoms with E-state index in [1.807, 2.05) is 20.8 Å². The Kier molecular flexibility index (Phi) is 5.29. The van der Waals surface area contributed by atoms with Crippen LogP contribution in [0.15, 0.2) is 21.3 Å². The number of aromatic hydroxyl groups is 1. The maximum absolute atomic E-state index is 12.0. The Morgan fingerprint density at radius 3 is 2.54 bits per heavy atom. The molecular weight excluding hydrogens is 310 g/mol. The molecule has 0 aliphatic rings. The second kappa shape index (κ2) is 7.05. The maximum atomic E-state index is 12.0. The van der Waals surface area contributed by atoms with Gasteiger partial charge in [-0.2, -0.15) is 0 Å². The highest BCUT2D eigenvalue weighted by atomic mass is 16.4. The van der Waals surface area contributed by atoms with E-state index >= 15 is 0 Å². The molecule has 0 radical (unpaired) electrons. The number of carbonyl (C=O) groups is 1. The molecule has 0 bridgehead atoms. The van der Waals surface area contributed by atoms with E-state index in [2.05, 4.69) is 5.32 Å². The molecule has 130 valence electrons. The standard InChI is InChI=1S/C18H23NO5/c1-5-9(2)15(17(21)22)19-8-13-14(20)7-6-12-10(3)11(4)18(23)24-16(12)13/h6-7,9,15,19-20H,5,8H2,1-4H3,(H,21,22)/t9-,15-/m1/s1. The summed E-state index contributed by atoms with van der Waals surface area (Å²) >= 11 is 0. The summed E-state index contributed by atoms with van der Waals surface area (Å²) in [5.41, 5.74) is 1.55. The zero-order chi connectivity index (χ0) is 18.0. The molecule has 1 heterocycles. The number of fused-ring (bicyclic) bond motifs is 1. The monoisotopic (exact) mass is 333 g/mol. The molecule has 0 saturated carbocycles. The predicted octanol–water partition coefficient (Wildman–Crippen LogP) is 2.70. The molecule has 0 fully saturated rings. The summed E-state index contributed by atoms with van der Waals surface area (Å²) in [5, 5.41) is 23.2. The summed E-state index contributed by atoms with van der Waals surface area (Å²) in [7, 11) is 0. The summed E-state index contributed by atoms with van der Waals surface area (Å²) in [6.07, 6.45) is 0.707. The van der Waals surface area contributed by atoms with Crippen LogP contribution in [-0.2, 0) is 11.3 Å². The van der Waals surface area contributed by atoms with E-state index in [1.54, 1.807) is 13.0 Å². The highest BCUT2D eigenvalue weighted by molar-refractivity contribution is 5.85. The van der Waals surface area contributed by atoms with E-state index in [0.717, 1.165) is 10.9 Å². The van der Waals surface area contributed by atoms with Gasteiger partial charge in [0, 0.05) is 17.5 Å². The average molecular weight is 333 g/mol. The van der Waals surface area contributed by atoms with E-state index in [9.17, 15) is 19.8 Å². The molecule has 0 saturated heterocycles. The normalized spacial score (nSPS) is 13.8. The molecule has 0 spiro atoms. The van der Waals surface area contributed by atoms with Crippen LogP contribution in [0, 0.1) is 19.8 Å². The lowest BCUT2D eigenvalue weighted by Crippen LogP contribution is -2.41. The minimum Gasteiger partial charge on any atom is -0.507 e. The van der Waals surface area contributed by atoms with Crippen molar-refractivity contribution in [3.05, 3.63) is 39.2 Å². The lowest BCUT2D eigenvalue weighted by molar-refractivity contribution is -0.140. The molecule has 0 aliphatic heterocycles. The van der Waals surface area contributed by atoms with Crippen molar-refractivity contribution in [3.63, 3.8) is 0 Å². The number of phenols is 1. The van der Waals surface area contributed by atoms with Crippen molar-refractivity contribution in [1.82, 2.24) is 5.32 Å². The third-order valence-corrected chi connectivity index (χ3v) is 4.68. The lowest BCUT2D eigenvalue weighted by atomic mass is 9.98. The van der Waals surface area contributed by atoms with Gasteiger partial charge in [-0.05, 0) is 37.5 Å². The Morgan fingerprint density at radius 2 is 1.96 bits per heavy atom. The molecule has 0 unspecified atom stereocenters. The van der Waals surface area contributed by atoms with Crippen molar-refractivity contribution in [2.24, 2.45) is 5.92 Å². The molecule has 6 heteroatoms. The van der Waals surface area contributed by atoms with Crippen molar-refractivity contribution in [3.8, 4) is 5.75 Å². The summed E-state index contributed by atoms with van der Waals surface area (Å²) in [6, 6.07) is 2.48. The molecule has 2 aromatic rings. The van der Waals surface area contributed by atoms with Crippen molar-refractivity contribution < 1.29 is 19.4 Å². The van der Waals surface area contributed by atoms with Crippen LogP contribution in [0.5, 0.6) is 5.75 Å². The van der Waals surface area contributed by atoms with Crippen LogP contribution < -0.4 is 10.9 Å². The van der Waals surface area contributed by atoms with Crippen LogP contribution in [-0.4, -0.2) is 22.2 Å². The maximum Gasteiger partial charge on any atom is 0.339 e. The minimum atomic E-state index is -0.947. The van der Waals surface area contributed by atoms with Gasteiger partial charge < -0.3 is 14.6 Å². The number of aryl methyl sites for hydroxylation is 1. The number of carboxylic acid groups (broad SMARTS) is 1. The van der Waals surface area contributed by atoms with Gasteiger partial charge in [-0.15, -0.1) is 0 Å². The first kappa shape index (κ1) is 18.0.